The molecule has 18 heteroatoms. The quantitative estimate of drug-likeness (QED) is 0.0552. The van der Waals surface area contributed by atoms with Gasteiger partial charge in [-0.15, -0.1) is 0 Å². The molecular weight excluding hydrogens is 817 g/mol. The average molecular weight is 883 g/mol. The van der Waals surface area contributed by atoms with Gasteiger partial charge in [-0.25, -0.2) is 0 Å². The van der Waals surface area contributed by atoms with Gasteiger partial charge in [0.05, 0.1) is 12.6 Å². The molecule has 1 saturated heterocycles. The third-order valence-electron chi connectivity index (χ3n) is 9.27. The third-order valence-corrected chi connectivity index (χ3v) is 16.1. The molecule has 0 aliphatic carbocycles. The van der Waals surface area contributed by atoms with Crippen molar-refractivity contribution in [1.29, 1.82) is 0 Å². The topological polar surface area (TPSA) is 202 Å². The molecule has 0 bridgehead atoms. The summed E-state index contributed by atoms with van der Waals surface area (Å²) in [5.74, 6) is -1.67. The smallest absolute Gasteiger partial charge is 0.320 e. The summed E-state index contributed by atoms with van der Waals surface area (Å²) in [7, 11) is 10.4. The van der Waals surface area contributed by atoms with E-state index >= 15 is 0 Å². The Bertz CT molecular complexity index is 1650. The number of aliphatic carboxylic acids is 1. The van der Waals surface area contributed by atoms with Crippen molar-refractivity contribution in [2.45, 2.75) is 120 Å². The third kappa shape index (κ3) is 17.9. The van der Waals surface area contributed by atoms with Gasteiger partial charge in [0.15, 0.2) is 0 Å². The number of aromatic nitrogens is 1. The van der Waals surface area contributed by atoms with Crippen LogP contribution in [0.3, 0.4) is 0 Å². The van der Waals surface area contributed by atoms with E-state index in [-0.39, 0.29) is 40.2 Å². The number of carboxylic acids is 1. The number of aromatic amines is 1. The van der Waals surface area contributed by atoms with Crippen LogP contribution in [0.4, 0.5) is 0 Å². The van der Waals surface area contributed by atoms with Gasteiger partial charge in [0.25, 0.3) is 0 Å². The zero-order chi connectivity index (χ0) is 43.0. The maximum Gasteiger partial charge on any atom is 0.320 e. The maximum absolute atomic E-state index is 14.0. The molecule has 58 heavy (non-hydrogen) atoms. The zero-order valence-electron chi connectivity index (χ0n) is 35.4. The Hall–Kier alpha value is -2.61. The highest BCUT2D eigenvalue weighted by Crippen LogP contribution is 2.38. The van der Waals surface area contributed by atoms with Crippen molar-refractivity contribution in [3.8, 4) is 0 Å². The van der Waals surface area contributed by atoms with Gasteiger partial charge in [0.1, 0.15) is 18.1 Å². The molecule has 0 radical (unpaired) electrons. The van der Waals surface area contributed by atoms with Crippen LogP contribution >= 0.6 is 43.2 Å². The summed E-state index contributed by atoms with van der Waals surface area (Å²) in [4.78, 5) is 72.9. The minimum absolute atomic E-state index is 0.0707. The summed E-state index contributed by atoms with van der Waals surface area (Å²) in [6, 6.07) is 4.41. The number of rotatable bonds is 25. The number of likely N-dealkylation sites (tertiary alicyclic amines) is 1. The molecule has 0 spiro atoms. The van der Waals surface area contributed by atoms with Gasteiger partial charge < -0.3 is 42.0 Å². The second kappa shape index (κ2) is 24.0. The second-order valence-corrected chi connectivity index (χ2v) is 23.1. The lowest BCUT2D eigenvalue weighted by Gasteiger charge is -2.31. The minimum atomic E-state index is -0.944. The van der Waals surface area contributed by atoms with E-state index in [1.807, 2.05) is 75.1 Å². The van der Waals surface area contributed by atoms with Gasteiger partial charge in [-0.05, 0) is 91.7 Å². The number of carbonyl (C=O) groups is 5. The molecule has 1 unspecified atom stereocenters. The molecule has 3 rings (SSSR count). The van der Waals surface area contributed by atoms with Gasteiger partial charge in [-0.2, -0.15) is 0 Å². The number of benzene rings is 1. The van der Waals surface area contributed by atoms with Crippen molar-refractivity contribution in [1.82, 2.24) is 36.1 Å². The van der Waals surface area contributed by atoms with Crippen LogP contribution in [0.15, 0.2) is 30.5 Å². The highest BCUT2D eigenvalue weighted by molar-refractivity contribution is 8.77. The standard InChI is InChI=1S/C40H66N8O6S4/c1-26(23-55-57-39(2,3)4)44-37(52)32(20-27-21-42-30-15-10-9-14-28(27)30)46-36(51)31(16-11-12-18-47(7)8)45-34(49)22-43-35(50)29(41)24-56-58-40(5,6)25-48-19-13-17-33(48)38(53)54/h9-10,14-15,21,26,29,31-33,42H,11-13,16-20,22-25,41H2,1-8H3,(H,43,50)(H,44,52)(H,45,49)(H,46,51)(H,53,54)/t26-,29+,31+,32+,33?/m1/s1. The molecule has 1 aromatic heterocycles. The number of hydrogen-bond acceptors (Lipinski definition) is 12. The van der Waals surface area contributed by atoms with Crippen LogP contribution in [-0.4, -0.2) is 141 Å². The zero-order valence-corrected chi connectivity index (χ0v) is 38.6. The normalized spacial score (nSPS) is 17.1. The van der Waals surface area contributed by atoms with Crippen molar-refractivity contribution in [3.63, 3.8) is 0 Å². The van der Waals surface area contributed by atoms with E-state index in [4.69, 9.17) is 5.73 Å². The minimum Gasteiger partial charge on any atom is -0.480 e. The maximum atomic E-state index is 14.0. The van der Waals surface area contributed by atoms with Crippen molar-refractivity contribution in [3.05, 3.63) is 36.0 Å². The molecule has 2 aromatic rings. The van der Waals surface area contributed by atoms with Crippen molar-refractivity contribution < 1.29 is 29.1 Å². The predicted molar refractivity (Wildman–Crippen MR) is 243 cm³/mol. The molecule has 1 aromatic carbocycles. The molecule has 1 aliphatic rings. The number of para-hydroxylation sites is 1. The van der Waals surface area contributed by atoms with Crippen LogP contribution in [-0.2, 0) is 30.4 Å². The Morgan fingerprint density at radius 3 is 2.33 bits per heavy atom. The van der Waals surface area contributed by atoms with Crippen LogP contribution in [0.2, 0.25) is 0 Å². The lowest BCUT2D eigenvalue weighted by Crippen LogP contribution is -2.56. The fourth-order valence-electron chi connectivity index (χ4n) is 6.44. The average Bonchev–Trinajstić information content (AvgIpc) is 3.77. The van der Waals surface area contributed by atoms with Gasteiger partial charge >= 0.3 is 5.97 Å². The first-order chi connectivity index (χ1) is 27.2. The Balaban J connectivity index is 1.62. The molecule has 4 amide bonds. The molecule has 14 nitrogen and oxygen atoms in total. The Kier molecular flexibility index (Phi) is 20.6. The van der Waals surface area contributed by atoms with E-state index in [2.05, 4.69) is 47.0 Å². The van der Waals surface area contributed by atoms with Crippen molar-refractivity contribution in [2.24, 2.45) is 5.73 Å². The van der Waals surface area contributed by atoms with E-state index < -0.39 is 47.9 Å². The molecule has 326 valence electrons. The van der Waals surface area contributed by atoms with E-state index in [1.165, 1.54) is 10.8 Å². The number of hydrogen-bond donors (Lipinski definition) is 7. The van der Waals surface area contributed by atoms with Crippen molar-refractivity contribution >= 4 is 83.7 Å². The van der Waals surface area contributed by atoms with Gasteiger partial charge in [-0.3, -0.25) is 28.9 Å². The molecule has 2 heterocycles. The van der Waals surface area contributed by atoms with Crippen LogP contribution in [0, 0.1) is 0 Å². The highest BCUT2D eigenvalue weighted by Gasteiger charge is 2.35. The number of fused-ring (bicyclic) bond motifs is 1. The summed E-state index contributed by atoms with van der Waals surface area (Å²) < 4.78 is -0.208. The number of carbonyl (C=O) groups excluding carboxylic acids is 4. The summed E-state index contributed by atoms with van der Waals surface area (Å²) >= 11 is 0. The second-order valence-electron chi connectivity index (χ2n) is 16.9. The van der Waals surface area contributed by atoms with Crippen LogP contribution in [0.25, 0.3) is 10.9 Å². The molecule has 0 saturated carbocycles. The fraction of sp³-hybridized carbons (Fsp3) is 0.675. The number of nitrogens with one attached hydrogen (secondary N) is 5. The Morgan fingerprint density at radius 2 is 1.64 bits per heavy atom. The summed E-state index contributed by atoms with van der Waals surface area (Å²) in [6.07, 6.45) is 5.37. The lowest BCUT2D eigenvalue weighted by atomic mass is 10.0. The van der Waals surface area contributed by atoms with E-state index in [0.717, 1.165) is 42.4 Å². The van der Waals surface area contributed by atoms with E-state index in [9.17, 15) is 29.1 Å². The number of nitrogens with zero attached hydrogens (tertiary/aromatic N) is 2. The van der Waals surface area contributed by atoms with Gasteiger partial charge in [-0.1, -0.05) is 82.1 Å². The number of H-pyrrole nitrogens is 1. The first-order valence-electron chi connectivity index (χ1n) is 20.0. The molecule has 5 atom stereocenters. The van der Waals surface area contributed by atoms with Gasteiger partial charge in [0.2, 0.25) is 23.6 Å². The largest absolute Gasteiger partial charge is 0.480 e. The summed E-state index contributed by atoms with van der Waals surface area (Å²) in [5.41, 5.74) is 7.99. The number of nitrogens with two attached hydrogens (primary N) is 1. The SMILES string of the molecule is C[C@H](CSSC(C)(C)C)NC(=O)[C@H](Cc1c[nH]c2ccccc12)NC(=O)[C@H](CCCCN(C)C)NC(=O)CNC(=O)[C@@H](N)CSSC(C)(C)CN1CCCC1C(=O)O. The highest BCUT2D eigenvalue weighted by atomic mass is 33.1. The van der Waals surface area contributed by atoms with Crippen LogP contribution in [0.1, 0.15) is 79.2 Å². The summed E-state index contributed by atoms with van der Waals surface area (Å²) in [5, 5.41) is 21.9. The molecule has 1 aliphatic heterocycles. The number of amides is 4. The van der Waals surface area contributed by atoms with E-state index in [1.54, 1.807) is 32.4 Å². The summed E-state index contributed by atoms with van der Waals surface area (Å²) in [6.45, 7) is 14.2. The molecule has 8 N–H and O–H groups in total. The van der Waals surface area contributed by atoms with E-state index in [0.29, 0.717) is 31.6 Å². The molecule has 1 fully saturated rings. The number of unbranched alkanes of at least 4 members (excludes halogenated alkanes) is 1. The monoisotopic (exact) mass is 882 g/mol. The Labute approximate surface area is 360 Å². The lowest BCUT2D eigenvalue weighted by molar-refractivity contribution is -0.142. The number of carboxylic acid groups (broad SMARTS) is 1. The molecular formula is C40H66N8O6S4. The first kappa shape index (κ1) is 49.8. The van der Waals surface area contributed by atoms with Crippen molar-refractivity contribution in [2.75, 3.05) is 51.8 Å². The Morgan fingerprint density at radius 1 is 0.948 bits per heavy atom. The van der Waals surface area contributed by atoms with Crippen LogP contribution in [0.5, 0.6) is 0 Å². The predicted octanol–water partition coefficient (Wildman–Crippen LogP) is 4.25. The fourth-order valence-corrected chi connectivity index (χ4v) is 11.7. The van der Waals surface area contributed by atoms with Gasteiger partial charge in [0, 0.05) is 57.1 Å². The first-order valence-corrected chi connectivity index (χ1v) is 24.6. The van der Waals surface area contributed by atoms with Crippen LogP contribution < -0.4 is 27.0 Å².